The maximum absolute atomic E-state index is 12.9. The summed E-state index contributed by atoms with van der Waals surface area (Å²) in [5.41, 5.74) is 1.66. The van der Waals surface area contributed by atoms with Crippen LogP contribution in [0.15, 0.2) is 79.4 Å². The topological polar surface area (TPSA) is 159 Å². The van der Waals surface area contributed by atoms with Crippen LogP contribution in [-0.4, -0.2) is 58.5 Å². The summed E-state index contributed by atoms with van der Waals surface area (Å²) in [5.74, 6) is -2.12. The van der Waals surface area contributed by atoms with Gasteiger partial charge in [-0.3, -0.25) is 14.4 Å². The van der Waals surface area contributed by atoms with E-state index in [4.69, 9.17) is 16.3 Å². The molecule has 0 aliphatic heterocycles. The SMILES string of the molecule is C=Cc1ccccc1NC(=O)C(=O)NCC(C)(C)CNC(=O)c1ccc(Nc2nc(NC3(c4ccc(Cl)cc4)CC3)nc(OCC(F)(F)F)n2)cc1. The highest BCUT2D eigenvalue weighted by Gasteiger charge is 2.45. The summed E-state index contributed by atoms with van der Waals surface area (Å²) in [6, 6.07) is 19.8. The van der Waals surface area contributed by atoms with Crippen molar-refractivity contribution in [1.82, 2.24) is 25.6 Å². The van der Waals surface area contributed by atoms with Gasteiger partial charge in [0.2, 0.25) is 11.9 Å². The Morgan fingerprint density at radius 2 is 1.54 bits per heavy atom. The lowest BCUT2D eigenvalue weighted by Crippen LogP contribution is -2.45. The number of ether oxygens (including phenoxy) is 1. The van der Waals surface area contributed by atoms with E-state index in [1.807, 2.05) is 26.0 Å². The summed E-state index contributed by atoms with van der Waals surface area (Å²) in [7, 11) is 0. The van der Waals surface area contributed by atoms with Gasteiger partial charge in [0.15, 0.2) is 6.61 Å². The molecule has 0 saturated heterocycles. The molecule has 52 heavy (non-hydrogen) atoms. The number of benzene rings is 3. The van der Waals surface area contributed by atoms with E-state index in [0.29, 0.717) is 27.5 Å². The van der Waals surface area contributed by atoms with E-state index < -0.39 is 47.5 Å². The van der Waals surface area contributed by atoms with Crippen molar-refractivity contribution in [2.75, 3.05) is 35.6 Å². The van der Waals surface area contributed by atoms with Crippen molar-refractivity contribution in [3.63, 3.8) is 0 Å². The normalized spacial score (nSPS) is 13.3. The zero-order valence-electron chi connectivity index (χ0n) is 28.2. The molecule has 1 aromatic heterocycles. The van der Waals surface area contributed by atoms with Gasteiger partial charge in [-0.15, -0.1) is 0 Å². The fraction of sp³-hybridized carbons (Fsp3) is 0.278. The molecule has 1 fully saturated rings. The molecule has 3 amide bonds. The lowest BCUT2D eigenvalue weighted by molar-refractivity contribution is -0.154. The zero-order valence-corrected chi connectivity index (χ0v) is 29.0. The Morgan fingerprint density at radius 3 is 2.19 bits per heavy atom. The molecule has 12 nitrogen and oxygen atoms in total. The Bertz CT molecular complexity index is 1940. The number of rotatable bonds is 14. The lowest BCUT2D eigenvalue weighted by atomic mass is 9.93. The van der Waals surface area contributed by atoms with Gasteiger partial charge in [-0.05, 0) is 71.8 Å². The number of hydrogen-bond acceptors (Lipinski definition) is 9. The van der Waals surface area contributed by atoms with E-state index in [1.165, 1.54) is 0 Å². The molecule has 1 saturated carbocycles. The molecule has 272 valence electrons. The molecule has 5 N–H and O–H groups in total. The maximum Gasteiger partial charge on any atom is 0.422 e. The summed E-state index contributed by atoms with van der Waals surface area (Å²) < 4.78 is 43.6. The van der Waals surface area contributed by atoms with Gasteiger partial charge in [0.1, 0.15) is 0 Å². The number of nitrogens with one attached hydrogen (secondary N) is 5. The molecule has 0 spiro atoms. The van der Waals surface area contributed by atoms with Crippen LogP contribution in [0.3, 0.4) is 0 Å². The van der Waals surface area contributed by atoms with Gasteiger partial charge < -0.3 is 31.3 Å². The highest BCUT2D eigenvalue weighted by atomic mass is 35.5. The fourth-order valence-electron chi connectivity index (χ4n) is 4.96. The van der Waals surface area contributed by atoms with Crippen molar-refractivity contribution in [3.8, 4) is 6.01 Å². The number of carbonyl (C=O) groups is 3. The monoisotopic (exact) mass is 736 g/mol. The van der Waals surface area contributed by atoms with Crippen molar-refractivity contribution in [1.29, 1.82) is 0 Å². The molecule has 4 aromatic rings. The maximum atomic E-state index is 12.9. The number of para-hydroxylation sites is 1. The summed E-state index contributed by atoms with van der Waals surface area (Å²) in [4.78, 5) is 50.2. The Labute approximate surface area is 302 Å². The number of anilines is 4. The minimum Gasteiger partial charge on any atom is -0.454 e. The van der Waals surface area contributed by atoms with Gasteiger partial charge in [-0.25, -0.2) is 0 Å². The molecule has 1 heterocycles. The molecule has 5 rings (SSSR count). The third-order valence-corrected chi connectivity index (χ3v) is 8.22. The van der Waals surface area contributed by atoms with Crippen LogP contribution in [-0.2, 0) is 15.1 Å². The molecule has 0 unspecified atom stereocenters. The summed E-state index contributed by atoms with van der Waals surface area (Å²) in [6.07, 6.45) is -1.57. The first kappa shape index (κ1) is 37.6. The number of carbonyl (C=O) groups excluding carboxylic acids is 3. The van der Waals surface area contributed by atoms with Crippen molar-refractivity contribution in [2.45, 2.75) is 38.4 Å². The standard InChI is InChI=1S/C36H36ClF3N8O4/c1-4-22-7-5-6-8-27(22)44-30(51)29(50)42-20-34(2,3)19-41-28(49)23-9-15-26(16-10-23)43-31-45-32(47-33(46-31)52-21-36(38,39)40)48-35(17-18-35)24-11-13-25(37)14-12-24/h4-16H,1,17-21H2,2-3H3,(H,41,49)(H,42,50)(H,44,51)(H2,43,45,46,47,48). The number of amides is 3. The highest BCUT2D eigenvalue weighted by Crippen LogP contribution is 2.48. The Balaban J connectivity index is 1.17. The average molecular weight is 737 g/mol. The van der Waals surface area contributed by atoms with Gasteiger partial charge in [0.05, 0.1) is 5.54 Å². The third-order valence-electron chi connectivity index (χ3n) is 7.97. The van der Waals surface area contributed by atoms with E-state index in [0.717, 1.165) is 18.4 Å². The molecule has 3 aromatic carbocycles. The van der Waals surface area contributed by atoms with Crippen LogP contribution in [0.2, 0.25) is 5.02 Å². The molecule has 1 aliphatic rings. The number of hydrogen-bond donors (Lipinski definition) is 5. The highest BCUT2D eigenvalue weighted by molar-refractivity contribution is 6.39. The van der Waals surface area contributed by atoms with E-state index in [-0.39, 0.29) is 25.0 Å². The average Bonchev–Trinajstić information content (AvgIpc) is 3.89. The van der Waals surface area contributed by atoms with Crippen LogP contribution >= 0.6 is 11.6 Å². The quantitative estimate of drug-likeness (QED) is 0.0916. The minimum absolute atomic E-state index is 0.00980. The molecule has 16 heteroatoms. The lowest BCUT2D eigenvalue weighted by Gasteiger charge is -2.25. The molecular weight excluding hydrogens is 701 g/mol. The largest absolute Gasteiger partial charge is 0.454 e. The zero-order chi connectivity index (χ0) is 37.5. The van der Waals surface area contributed by atoms with Crippen LogP contribution in [0, 0.1) is 5.41 Å². The van der Waals surface area contributed by atoms with Gasteiger partial charge >= 0.3 is 24.0 Å². The number of halogens is 4. The van der Waals surface area contributed by atoms with Crippen LogP contribution < -0.4 is 31.3 Å². The van der Waals surface area contributed by atoms with Crippen LogP contribution in [0.5, 0.6) is 6.01 Å². The number of nitrogens with zero attached hydrogens (tertiary/aromatic N) is 3. The second-order valence-corrected chi connectivity index (χ2v) is 13.3. The molecule has 0 radical (unpaired) electrons. The second kappa shape index (κ2) is 15.7. The molecular formula is C36H36ClF3N8O4. The van der Waals surface area contributed by atoms with Crippen molar-refractivity contribution in [3.05, 3.63) is 101 Å². The number of aromatic nitrogens is 3. The summed E-state index contributed by atoms with van der Waals surface area (Å²) in [6.45, 7) is 6.01. The summed E-state index contributed by atoms with van der Waals surface area (Å²) in [5, 5.41) is 14.7. The third kappa shape index (κ3) is 10.4. The van der Waals surface area contributed by atoms with E-state index in [9.17, 15) is 27.6 Å². The van der Waals surface area contributed by atoms with Gasteiger partial charge in [0.25, 0.3) is 5.91 Å². The van der Waals surface area contributed by atoms with Crippen LogP contribution in [0.25, 0.3) is 6.08 Å². The first-order valence-electron chi connectivity index (χ1n) is 16.1. The van der Waals surface area contributed by atoms with Crippen LogP contribution in [0.1, 0.15) is 48.2 Å². The van der Waals surface area contributed by atoms with Crippen molar-refractivity contribution >= 4 is 58.7 Å². The van der Waals surface area contributed by atoms with Gasteiger partial charge in [0, 0.05) is 35.1 Å². The van der Waals surface area contributed by atoms with Crippen LogP contribution in [0.4, 0.5) is 36.4 Å². The molecule has 1 aliphatic carbocycles. The molecule has 0 bridgehead atoms. The van der Waals surface area contributed by atoms with Crippen molar-refractivity contribution < 1.29 is 32.3 Å². The predicted molar refractivity (Wildman–Crippen MR) is 191 cm³/mol. The Hall–Kier alpha value is -5.70. The second-order valence-electron chi connectivity index (χ2n) is 12.9. The Morgan fingerprint density at radius 1 is 0.885 bits per heavy atom. The van der Waals surface area contributed by atoms with Gasteiger partial charge in [-0.2, -0.15) is 28.1 Å². The summed E-state index contributed by atoms with van der Waals surface area (Å²) >= 11 is 6.03. The smallest absolute Gasteiger partial charge is 0.422 e. The van der Waals surface area contributed by atoms with Crippen molar-refractivity contribution in [2.24, 2.45) is 5.41 Å². The Kier molecular flexibility index (Phi) is 11.3. The van der Waals surface area contributed by atoms with E-state index in [1.54, 1.807) is 66.7 Å². The van der Waals surface area contributed by atoms with E-state index >= 15 is 0 Å². The fourth-order valence-corrected chi connectivity index (χ4v) is 5.08. The minimum atomic E-state index is -4.61. The predicted octanol–water partition coefficient (Wildman–Crippen LogP) is 6.46. The van der Waals surface area contributed by atoms with E-state index in [2.05, 4.69) is 48.1 Å². The first-order valence-corrected chi connectivity index (χ1v) is 16.5. The van der Waals surface area contributed by atoms with Gasteiger partial charge in [-0.1, -0.05) is 68.4 Å². The number of alkyl halides is 3. The first-order chi connectivity index (χ1) is 24.6. The molecule has 0 atom stereocenters.